The number of nitrogen functional groups attached to an aromatic ring is 1. The van der Waals surface area contributed by atoms with Crippen molar-refractivity contribution in [1.29, 1.82) is 0 Å². The van der Waals surface area contributed by atoms with Crippen LogP contribution in [0, 0.1) is 5.92 Å². The van der Waals surface area contributed by atoms with Crippen LogP contribution in [0.4, 0.5) is 5.82 Å². The predicted molar refractivity (Wildman–Crippen MR) is 173 cm³/mol. The number of aryl methyl sites for hydroxylation is 1. The standard InChI is InChI=1S/C34H49N7O3/c1-18(2)23-15-41(32-28(23)31(35)36-17-37-32)33-30(43)29(42)26(44-33)16-40(19(3)4)22-12-20(13-22)8-11-27-38-24-10-9-21(34(5,6)7)14-25(24)39-27/h9-10,14-15,17-20,22,26,29-30,33,42-43H,8,11-13,16H2,1-7H3,(H,38,39)(H2,35,36,37)/t20?,22?,26-,29-,30-,33-/m1/s1. The van der Waals surface area contributed by atoms with Crippen molar-refractivity contribution in [1.82, 2.24) is 29.4 Å². The first-order valence-electron chi connectivity index (χ1n) is 16.2. The Morgan fingerprint density at radius 1 is 1.11 bits per heavy atom. The van der Waals surface area contributed by atoms with Gasteiger partial charge in [0, 0.05) is 31.2 Å². The molecule has 4 aromatic rings. The highest BCUT2D eigenvalue weighted by atomic mass is 16.6. The summed E-state index contributed by atoms with van der Waals surface area (Å²) in [6.45, 7) is 15.8. The van der Waals surface area contributed by atoms with E-state index in [4.69, 9.17) is 15.5 Å². The van der Waals surface area contributed by atoms with E-state index in [0.29, 0.717) is 30.0 Å². The average Bonchev–Trinajstić information content (AvgIpc) is 3.60. The number of fused-ring (bicyclic) bond motifs is 2. The summed E-state index contributed by atoms with van der Waals surface area (Å²) < 4.78 is 8.23. The first-order valence-corrected chi connectivity index (χ1v) is 16.2. The number of nitrogens with zero attached hydrogens (tertiary/aromatic N) is 5. The Labute approximate surface area is 260 Å². The lowest BCUT2D eigenvalue weighted by molar-refractivity contribution is -0.0619. The van der Waals surface area contributed by atoms with Crippen LogP contribution in [-0.2, 0) is 16.6 Å². The molecule has 4 heterocycles. The minimum atomic E-state index is -1.08. The molecule has 5 N–H and O–H groups in total. The summed E-state index contributed by atoms with van der Waals surface area (Å²) in [6.07, 6.45) is 4.24. The molecule has 4 atom stereocenters. The molecular formula is C34H49N7O3. The van der Waals surface area contributed by atoms with Gasteiger partial charge in [0.05, 0.1) is 16.4 Å². The quantitative estimate of drug-likeness (QED) is 0.209. The number of anilines is 1. The molecule has 1 saturated carbocycles. The van der Waals surface area contributed by atoms with Gasteiger partial charge in [0.2, 0.25) is 0 Å². The third-order valence-corrected chi connectivity index (χ3v) is 9.82. The molecule has 0 spiro atoms. The predicted octanol–water partition coefficient (Wildman–Crippen LogP) is 5.05. The fraction of sp³-hybridized carbons (Fsp3) is 0.618. The van der Waals surface area contributed by atoms with Crippen molar-refractivity contribution in [3.8, 4) is 0 Å². The number of hydrogen-bond acceptors (Lipinski definition) is 8. The van der Waals surface area contributed by atoms with Crippen LogP contribution in [0.1, 0.15) is 96.8 Å². The molecule has 1 saturated heterocycles. The number of benzene rings is 1. The molecule has 6 rings (SSSR count). The Bertz CT molecular complexity index is 1610. The highest BCUT2D eigenvalue weighted by molar-refractivity contribution is 5.90. The van der Waals surface area contributed by atoms with E-state index in [1.165, 1.54) is 11.9 Å². The SMILES string of the molecule is CC(C)c1cn([C@@H]2O[C@H](CN(C(C)C)C3CC(CCc4nc5cc(C(C)(C)C)ccc5[nH]4)C3)[C@@H](O)[C@H]2O)c2ncnc(N)c12. The third-order valence-electron chi connectivity index (χ3n) is 9.82. The molecule has 2 aliphatic rings. The summed E-state index contributed by atoms with van der Waals surface area (Å²) in [5.41, 5.74) is 11.4. The molecule has 10 nitrogen and oxygen atoms in total. The van der Waals surface area contributed by atoms with E-state index in [1.54, 1.807) is 0 Å². The van der Waals surface area contributed by atoms with Gasteiger partial charge >= 0.3 is 0 Å². The summed E-state index contributed by atoms with van der Waals surface area (Å²) >= 11 is 0. The van der Waals surface area contributed by atoms with E-state index in [1.807, 2.05) is 10.8 Å². The summed E-state index contributed by atoms with van der Waals surface area (Å²) in [6, 6.07) is 7.26. The molecule has 2 fully saturated rings. The van der Waals surface area contributed by atoms with E-state index >= 15 is 0 Å². The number of aromatic amines is 1. The molecule has 0 unspecified atom stereocenters. The number of rotatable bonds is 9. The van der Waals surface area contributed by atoms with Crippen LogP contribution in [0.25, 0.3) is 22.1 Å². The zero-order valence-electron chi connectivity index (χ0n) is 27.2. The van der Waals surface area contributed by atoms with Gasteiger partial charge < -0.3 is 30.2 Å². The van der Waals surface area contributed by atoms with Gasteiger partial charge in [0.15, 0.2) is 6.23 Å². The van der Waals surface area contributed by atoms with Crippen LogP contribution in [0.15, 0.2) is 30.7 Å². The van der Waals surface area contributed by atoms with Gasteiger partial charge in [-0.3, -0.25) is 4.90 Å². The Morgan fingerprint density at radius 3 is 2.55 bits per heavy atom. The summed E-state index contributed by atoms with van der Waals surface area (Å²) in [7, 11) is 0. The number of imidazole rings is 1. The van der Waals surface area contributed by atoms with Gasteiger partial charge in [-0.1, -0.05) is 40.7 Å². The molecule has 238 valence electrons. The fourth-order valence-corrected chi connectivity index (χ4v) is 7.06. The number of aliphatic hydroxyl groups is 2. The van der Waals surface area contributed by atoms with Crippen molar-refractivity contribution in [3.05, 3.63) is 47.7 Å². The lowest BCUT2D eigenvalue weighted by Crippen LogP contribution is -2.52. The van der Waals surface area contributed by atoms with Crippen LogP contribution in [0.3, 0.4) is 0 Å². The molecule has 0 bridgehead atoms. The van der Waals surface area contributed by atoms with Gasteiger partial charge in [-0.15, -0.1) is 0 Å². The van der Waals surface area contributed by atoms with Crippen molar-refractivity contribution in [2.24, 2.45) is 5.92 Å². The third kappa shape index (κ3) is 5.73. The van der Waals surface area contributed by atoms with Crippen LogP contribution in [0.2, 0.25) is 0 Å². The maximum absolute atomic E-state index is 11.1. The number of hydrogen-bond donors (Lipinski definition) is 4. The molecule has 0 amide bonds. The normalized spacial score (nSPS) is 26.1. The smallest absolute Gasteiger partial charge is 0.164 e. The second-order valence-electron chi connectivity index (χ2n) is 14.6. The molecule has 44 heavy (non-hydrogen) atoms. The number of aliphatic hydroxyl groups excluding tert-OH is 2. The second kappa shape index (κ2) is 11.7. The highest BCUT2D eigenvalue weighted by Gasteiger charge is 2.46. The highest BCUT2D eigenvalue weighted by Crippen LogP contribution is 2.40. The minimum Gasteiger partial charge on any atom is -0.387 e. The van der Waals surface area contributed by atoms with Gasteiger partial charge in [-0.25, -0.2) is 15.0 Å². The van der Waals surface area contributed by atoms with Crippen molar-refractivity contribution < 1.29 is 14.9 Å². The Hall–Kier alpha value is -3.05. The summed E-state index contributed by atoms with van der Waals surface area (Å²) in [5.74, 6) is 2.28. The second-order valence-corrected chi connectivity index (χ2v) is 14.6. The van der Waals surface area contributed by atoms with Gasteiger partial charge in [0.1, 0.15) is 41.9 Å². The number of nitrogens with two attached hydrogens (primary N) is 1. The van der Waals surface area contributed by atoms with Crippen LogP contribution >= 0.6 is 0 Å². The first-order chi connectivity index (χ1) is 20.8. The lowest BCUT2D eigenvalue weighted by atomic mass is 9.76. The summed E-state index contributed by atoms with van der Waals surface area (Å²) in [5, 5.41) is 23.1. The van der Waals surface area contributed by atoms with Gasteiger partial charge in [-0.05, 0) is 73.6 Å². The molecule has 10 heteroatoms. The van der Waals surface area contributed by atoms with E-state index in [2.05, 4.69) is 86.5 Å². The van der Waals surface area contributed by atoms with Crippen molar-refractivity contribution in [2.75, 3.05) is 12.3 Å². The van der Waals surface area contributed by atoms with Crippen LogP contribution < -0.4 is 5.73 Å². The van der Waals surface area contributed by atoms with E-state index in [9.17, 15) is 10.2 Å². The minimum absolute atomic E-state index is 0.104. The number of ether oxygens (including phenoxy) is 1. The molecule has 3 aromatic heterocycles. The summed E-state index contributed by atoms with van der Waals surface area (Å²) in [4.78, 5) is 19.5. The fourth-order valence-electron chi connectivity index (χ4n) is 7.06. The van der Waals surface area contributed by atoms with E-state index in [0.717, 1.165) is 53.5 Å². The molecule has 1 aromatic carbocycles. The van der Waals surface area contributed by atoms with Crippen molar-refractivity contribution >= 4 is 27.9 Å². The maximum Gasteiger partial charge on any atom is 0.164 e. The zero-order chi connectivity index (χ0) is 31.5. The van der Waals surface area contributed by atoms with E-state index < -0.39 is 24.5 Å². The van der Waals surface area contributed by atoms with Crippen LogP contribution in [-0.4, -0.2) is 76.6 Å². The molecule has 0 radical (unpaired) electrons. The Morgan fingerprint density at radius 2 is 1.86 bits per heavy atom. The average molecular weight is 604 g/mol. The van der Waals surface area contributed by atoms with Crippen molar-refractivity contribution in [3.63, 3.8) is 0 Å². The number of nitrogens with one attached hydrogen (secondary N) is 1. The van der Waals surface area contributed by atoms with Crippen molar-refractivity contribution in [2.45, 2.75) is 122 Å². The monoisotopic (exact) mass is 603 g/mol. The van der Waals surface area contributed by atoms with E-state index in [-0.39, 0.29) is 17.4 Å². The van der Waals surface area contributed by atoms with Crippen LogP contribution in [0.5, 0.6) is 0 Å². The maximum atomic E-state index is 11.1. The van der Waals surface area contributed by atoms with Gasteiger partial charge in [0.25, 0.3) is 0 Å². The number of aromatic nitrogens is 5. The molecular weight excluding hydrogens is 554 g/mol. The molecule has 1 aliphatic carbocycles. The molecule has 1 aliphatic heterocycles. The first kappa shape index (κ1) is 31.0. The largest absolute Gasteiger partial charge is 0.387 e. The number of H-pyrrole nitrogens is 1. The lowest BCUT2D eigenvalue weighted by Gasteiger charge is -2.46. The van der Waals surface area contributed by atoms with Gasteiger partial charge in [-0.2, -0.15) is 0 Å². The zero-order valence-corrected chi connectivity index (χ0v) is 27.2. The topological polar surface area (TPSA) is 138 Å². The Kier molecular flexibility index (Phi) is 8.24. The Balaban J connectivity index is 1.08.